The minimum Gasteiger partial charge on any atom is -0.244 e. The highest BCUT2D eigenvalue weighted by molar-refractivity contribution is 7.20. The molecule has 0 saturated carbocycles. The Hall–Kier alpha value is -6.94. The molecule has 7 aromatic rings. The van der Waals surface area contributed by atoms with E-state index in [4.69, 9.17) is 0 Å². The Morgan fingerprint density at radius 1 is 0.355 bits per heavy atom. The van der Waals surface area contributed by atoms with Gasteiger partial charge in [0.05, 0.1) is 6.20 Å². The number of unbranched alkanes of at least 4 members (excludes halogenated alkanes) is 9. The smallest absolute Gasteiger partial charge is 0.200 e. The summed E-state index contributed by atoms with van der Waals surface area (Å²) in [4.78, 5) is 4.59. The number of halogens is 20. The van der Waals surface area contributed by atoms with E-state index >= 15 is 35.1 Å². The third-order valence-electron chi connectivity index (χ3n) is 12.7. The van der Waals surface area contributed by atoms with E-state index < -0.39 is 144 Å². The van der Waals surface area contributed by atoms with Crippen molar-refractivity contribution in [1.82, 2.24) is 4.98 Å². The summed E-state index contributed by atoms with van der Waals surface area (Å²) in [6.07, 6.45) is 14.0. The molecule has 2 nitrogen and oxygen atoms in total. The van der Waals surface area contributed by atoms with Crippen LogP contribution in [0.3, 0.4) is 0 Å². The third kappa shape index (κ3) is 11.3. The Bertz CT molecular complexity index is 2850. The minimum absolute atomic E-state index is 0.868. The molecule has 0 amide bonds. The summed E-state index contributed by atoms with van der Waals surface area (Å²) in [7, 11) is 0. The zero-order valence-electron chi connectivity index (χ0n) is 39.4. The Morgan fingerprint density at radius 3 is 1.01 bits per heavy atom. The quantitative estimate of drug-likeness (QED) is 0.0209. The molecule has 0 radical (unpaired) electrons. The van der Waals surface area contributed by atoms with Crippen molar-refractivity contribution in [1.29, 1.82) is 0 Å². The average molecular weight is 1090 g/mol. The van der Waals surface area contributed by atoms with Crippen molar-refractivity contribution in [3.63, 3.8) is 0 Å². The Balaban J connectivity index is 0.000000264. The summed E-state index contributed by atoms with van der Waals surface area (Å²) < 4.78 is 296. The van der Waals surface area contributed by atoms with Crippen molar-refractivity contribution in [3.8, 4) is 11.3 Å². The van der Waals surface area contributed by atoms with Crippen LogP contribution < -0.4 is 26.4 Å². The number of benzene rings is 6. The van der Waals surface area contributed by atoms with E-state index in [1.807, 2.05) is 12.4 Å². The van der Waals surface area contributed by atoms with Gasteiger partial charge in [-0.25, -0.2) is 92.8 Å². The topological polar surface area (TPSA) is 16.8 Å². The second kappa shape index (κ2) is 24.8. The van der Waals surface area contributed by atoms with Crippen LogP contribution in [-0.2, 0) is 13.0 Å². The molecule has 0 saturated heterocycles. The van der Waals surface area contributed by atoms with E-state index in [1.165, 1.54) is 87.3 Å². The van der Waals surface area contributed by atoms with Crippen LogP contribution >= 0.6 is 0 Å². The number of nitrogens with zero attached hydrogens (tertiary/aromatic N) is 2. The van der Waals surface area contributed by atoms with E-state index in [9.17, 15) is 52.7 Å². The van der Waals surface area contributed by atoms with Gasteiger partial charge < -0.3 is 0 Å². The lowest BCUT2D eigenvalue weighted by Gasteiger charge is -2.44. The summed E-state index contributed by atoms with van der Waals surface area (Å²) in [5.74, 6) is -71.4. The molecule has 0 atom stereocenters. The highest BCUT2D eigenvalue weighted by Crippen LogP contribution is 2.31. The predicted octanol–water partition coefficient (Wildman–Crippen LogP) is 13.4. The van der Waals surface area contributed by atoms with Gasteiger partial charge in [-0.3, -0.25) is 0 Å². The lowest BCUT2D eigenvalue weighted by molar-refractivity contribution is -0.688. The lowest BCUT2D eigenvalue weighted by Crippen LogP contribution is -2.81. The van der Waals surface area contributed by atoms with E-state index in [-0.39, 0.29) is 0 Å². The zero-order chi connectivity index (χ0) is 55.9. The largest absolute Gasteiger partial charge is 0.244 e. The van der Waals surface area contributed by atoms with Gasteiger partial charge in [0.15, 0.2) is 88.7 Å². The number of hydrogen-bond acceptors (Lipinski definition) is 1. The van der Waals surface area contributed by atoms with Crippen LogP contribution in [0.5, 0.6) is 0 Å². The Kier molecular flexibility index (Phi) is 19.0. The lowest BCUT2D eigenvalue weighted by atomic mass is 9.12. The minimum atomic E-state index is -7.22. The van der Waals surface area contributed by atoms with Gasteiger partial charge in [-0.15, -0.1) is 21.9 Å². The van der Waals surface area contributed by atoms with Crippen LogP contribution in [0.4, 0.5) is 87.8 Å². The molecule has 0 aliphatic carbocycles. The summed E-state index contributed by atoms with van der Waals surface area (Å²) in [6, 6.07) is 19.6. The number of rotatable bonds is 18. The molecule has 0 unspecified atom stereocenters. The van der Waals surface area contributed by atoms with Gasteiger partial charge in [0.25, 0.3) is 0 Å². The molecule has 404 valence electrons. The molecular formula is C53H39BF20N2. The second-order valence-corrected chi connectivity index (χ2v) is 17.5. The molecule has 76 heavy (non-hydrogen) atoms. The van der Waals surface area contributed by atoms with Gasteiger partial charge in [0, 0.05) is 11.1 Å². The number of aromatic nitrogens is 2. The summed E-state index contributed by atoms with van der Waals surface area (Å²) in [6.45, 7) is 3.15. The van der Waals surface area contributed by atoms with E-state index in [0.29, 0.717) is 0 Å². The van der Waals surface area contributed by atoms with E-state index in [1.54, 1.807) is 0 Å². The van der Waals surface area contributed by atoms with Gasteiger partial charge in [-0.05, 0) is 18.4 Å². The molecule has 0 N–H and O–H groups in total. The van der Waals surface area contributed by atoms with Crippen molar-refractivity contribution in [2.45, 2.75) is 84.1 Å². The first-order valence-corrected chi connectivity index (χ1v) is 23.3. The molecule has 0 bridgehead atoms. The zero-order valence-corrected chi connectivity index (χ0v) is 39.4. The summed E-state index contributed by atoms with van der Waals surface area (Å²) in [5.41, 5.74) is -9.37. The molecule has 0 spiro atoms. The molecule has 0 aliphatic rings. The van der Waals surface area contributed by atoms with Crippen LogP contribution in [-0.4, -0.2) is 11.1 Å². The molecule has 23 heteroatoms. The van der Waals surface area contributed by atoms with Gasteiger partial charge >= 0.3 is 0 Å². The molecule has 0 aliphatic heterocycles. The van der Waals surface area contributed by atoms with Crippen LogP contribution in [0.25, 0.3) is 11.3 Å². The highest BCUT2D eigenvalue weighted by atomic mass is 19.2. The first kappa shape index (κ1) is 58.3. The predicted molar refractivity (Wildman–Crippen MR) is 240 cm³/mol. The number of hydrogen-bond donors (Lipinski definition) is 0. The molecular weight excluding hydrogens is 1060 g/mol. The summed E-state index contributed by atoms with van der Waals surface area (Å²) >= 11 is 0. The second-order valence-electron chi connectivity index (χ2n) is 17.5. The monoisotopic (exact) mass is 1090 g/mol. The van der Waals surface area contributed by atoms with Gasteiger partial charge in [-0.1, -0.05) is 119 Å². The highest BCUT2D eigenvalue weighted by Gasteiger charge is 2.52. The third-order valence-corrected chi connectivity index (χ3v) is 12.7. The van der Waals surface area contributed by atoms with Crippen LogP contribution in [0, 0.1) is 116 Å². The first-order valence-electron chi connectivity index (χ1n) is 23.3. The van der Waals surface area contributed by atoms with Crippen molar-refractivity contribution >= 4 is 28.0 Å². The SMILES string of the molecule is CCCCCCCCCCCCc1ccc(-c2c[n+](Cc3ccccc3)ccn2)cc1.Fc1c(F)c(F)c([B-](c2c(F)c(F)c(F)c(F)c2F)(c2c(F)c(F)c(F)c(F)c2F)c2c(F)c(F)c(F)c(F)c2F)c(F)c1F. The van der Waals surface area contributed by atoms with Crippen molar-refractivity contribution in [3.05, 3.63) is 201 Å². The average Bonchev–Trinajstić information content (AvgIpc) is 3.44. The van der Waals surface area contributed by atoms with Crippen molar-refractivity contribution < 1.29 is 92.4 Å². The molecule has 7 rings (SSSR count). The maximum absolute atomic E-state index is 15.4. The summed E-state index contributed by atoms with van der Waals surface area (Å²) in [5, 5.41) is 0. The van der Waals surface area contributed by atoms with E-state index in [2.05, 4.69) is 77.3 Å². The number of aryl methyl sites for hydroxylation is 1. The maximum Gasteiger partial charge on any atom is 0.200 e. The maximum atomic E-state index is 15.4. The fourth-order valence-electron chi connectivity index (χ4n) is 9.01. The van der Waals surface area contributed by atoms with Gasteiger partial charge in [-0.2, -0.15) is 4.57 Å². The Morgan fingerprint density at radius 2 is 0.671 bits per heavy atom. The van der Waals surface area contributed by atoms with Crippen LogP contribution in [0.1, 0.15) is 82.3 Å². The van der Waals surface area contributed by atoms with Crippen LogP contribution in [0.15, 0.2) is 73.2 Å². The molecule has 1 aromatic heterocycles. The first-order chi connectivity index (χ1) is 36.0. The standard InChI is InChI=1S/C29H39N2.C24BF20/c1-2-3-4-5-6-7-8-9-10-12-15-26-18-20-28(21-19-26)29-25-31(23-22-30-29)24-27-16-13-11-14-17-27;26-5-1(6(27)14(35)21(42)13(5)34)25(2-7(28)15(36)22(43)16(37)8(2)29,3-9(30)17(38)23(44)18(39)10(3)31)4-11(32)19(40)24(45)20(41)12(4)33/h11,13-14,16-23,25H,2-10,12,15,24H2,1H3;/q+1;-1. The Labute approximate surface area is 420 Å². The van der Waals surface area contributed by atoms with Crippen molar-refractivity contribution in [2.75, 3.05) is 0 Å². The fraction of sp³-hybridized carbons (Fsp3) is 0.245. The normalized spacial score (nSPS) is 11.6. The van der Waals surface area contributed by atoms with Crippen LogP contribution in [0.2, 0.25) is 0 Å². The molecule has 0 fully saturated rings. The molecule has 1 heterocycles. The van der Waals surface area contributed by atoms with Gasteiger partial charge in [0.2, 0.25) is 0 Å². The fourth-order valence-corrected chi connectivity index (χ4v) is 9.01. The van der Waals surface area contributed by atoms with Gasteiger partial charge in [0.1, 0.15) is 58.4 Å². The van der Waals surface area contributed by atoms with E-state index in [0.717, 1.165) is 12.2 Å². The molecule has 6 aromatic carbocycles. The van der Waals surface area contributed by atoms with Crippen molar-refractivity contribution in [2.24, 2.45) is 0 Å².